The summed E-state index contributed by atoms with van der Waals surface area (Å²) in [5, 5.41) is 0. The van der Waals surface area contributed by atoms with E-state index in [-0.39, 0.29) is 11.5 Å². The van der Waals surface area contributed by atoms with E-state index in [4.69, 9.17) is 5.84 Å². The maximum absolute atomic E-state index is 5.90. The van der Waals surface area contributed by atoms with Crippen LogP contribution in [0, 0.1) is 13.8 Å². The highest BCUT2D eigenvalue weighted by Gasteiger charge is 2.32. The minimum Gasteiger partial charge on any atom is -0.271 e. The van der Waals surface area contributed by atoms with Gasteiger partial charge in [0.25, 0.3) is 0 Å². The van der Waals surface area contributed by atoms with Crippen LogP contribution in [0.5, 0.6) is 0 Å². The Morgan fingerprint density at radius 1 is 1.00 bits per heavy atom. The van der Waals surface area contributed by atoms with Gasteiger partial charge in [-0.15, -0.1) is 0 Å². The zero-order valence-corrected chi connectivity index (χ0v) is 12.8. The zero-order valence-electron chi connectivity index (χ0n) is 12.8. The van der Waals surface area contributed by atoms with E-state index in [1.165, 1.54) is 22.3 Å². The first-order valence-electron chi connectivity index (χ1n) is 7.05. The smallest absolute Gasteiger partial charge is 0.0553 e. The van der Waals surface area contributed by atoms with Gasteiger partial charge in [0.15, 0.2) is 0 Å². The van der Waals surface area contributed by atoms with Crippen molar-refractivity contribution in [1.29, 1.82) is 0 Å². The summed E-state index contributed by atoms with van der Waals surface area (Å²) in [6.45, 7) is 8.72. The standard InChI is InChI=1S/C18H24N2/c1-13-10-11-14(2)16(12-13)17(20-19)18(3,4)15-8-6-5-7-9-15/h5-12,17,20H,19H2,1-4H3. The molecule has 0 saturated heterocycles. The highest BCUT2D eigenvalue weighted by Crippen LogP contribution is 2.37. The first kappa shape index (κ1) is 14.8. The third-order valence-electron chi connectivity index (χ3n) is 4.15. The Bertz CT molecular complexity index is 573. The Morgan fingerprint density at radius 3 is 2.25 bits per heavy atom. The molecule has 0 aliphatic heterocycles. The highest BCUT2D eigenvalue weighted by atomic mass is 15.2. The van der Waals surface area contributed by atoms with Gasteiger partial charge in [0.1, 0.15) is 0 Å². The maximum atomic E-state index is 5.90. The second-order valence-corrected chi connectivity index (χ2v) is 6.05. The molecule has 2 nitrogen and oxygen atoms in total. The fourth-order valence-corrected chi connectivity index (χ4v) is 2.79. The van der Waals surface area contributed by atoms with E-state index in [0.717, 1.165) is 0 Å². The summed E-state index contributed by atoms with van der Waals surface area (Å²) in [4.78, 5) is 0. The van der Waals surface area contributed by atoms with Gasteiger partial charge in [-0.3, -0.25) is 11.3 Å². The number of hydrogen-bond donors (Lipinski definition) is 2. The summed E-state index contributed by atoms with van der Waals surface area (Å²) < 4.78 is 0. The van der Waals surface area contributed by atoms with E-state index in [1.807, 2.05) is 6.07 Å². The lowest BCUT2D eigenvalue weighted by Crippen LogP contribution is -2.41. The summed E-state index contributed by atoms with van der Waals surface area (Å²) in [7, 11) is 0. The number of aryl methyl sites for hydroxylation is 2. The average molecular weight is 268 g/mol. The minimum atomic E-state index is -0.0887. The minimum absolute atomic E-state index is 0.0739. The lowest BCUT2D eigenvalue weighted by molar-refractivity contribution is 0.351. The van der Waals surface area contributed by atoms with Crippen LogP contribution in [-0.4, -0.2) is 0 Å². The first-order chi connectivity index (χ1) is 9.46. The molecule has 0 fully saturated rings. The highest BCUT2D eigenvalue weighted by molar-refractivity contribution is 5.38. The van der Waals surface area contributed by atoms with Crippen molar-refractivity contribution in [1.82, 2.24) is 5.43 Å². The molecule has 3 N–H and O–H groups in total. The molecule has 2 heteroatoms. The summed E-state index contributed by atoms with van der Waals surface area (Å²) in [6, 6.07) is 17.1. The van der Waals surface area contributed by atoms with Crippen molar-refractivity contribution < 1.29 is 0 Å². The van der Waals surface area contributed by atoms with Gasteiger partial charge in [0.05, 0.1) is 6.04 Å². The van der Waals surface area contributed by atoms with Gasteiger partial charge in [-0.1, -0.05) is 67.9 Å². The fourth-order valence-electron chi connectivity index (χ4n) is 2.79. The van der Waals surface area contributed by atoms with Crippen molar-refractivity contribution in [2.75, 3.05) is 0 Å². The Labute approximate surface area is 122 Å². The third kappa shape index (κ3) is 2.77. The SMILES string of the molecule is Cc1ccc(C)c(C(NN)C(C)(C)c2ccccc2)c1. The van der Waals surface area contributed by atoms with Crippen LogP contribution in [0.4, 0.5) is 0 Å². The van der Waals surface area contributed by atoms with Gasteiger partial charge in [0.2, 0.25) is 0 Å². The third-order valence-corrected chi connectivity index (χ3v) is 4.15. The van der Waals surface area contributed by atoms with Crippen molar-refractivity contribution >= 4 is 0 Å². The van der Waals surface area contributed by atoms with Crippen molar-refractivity contribution in [3.8, 4) is 0 Å². The summed E-state index contributed by atoms with van der Waals surface area (Å²) in [5.41, 5.74) is 8.01. The monoisotopic (exact) mass is 268 g/mol. The van der Waals surface area contributed by atoms with Crippen LogP contribution < -0.4 is 11.3 Å². The van der Waals surface area contributed by atoms with Crippen LogP contribution in [0.25, 0.3) is 0 Å². The number of hydrogen-bond acceptors (Lipinski definition) is 2. The zero-order chi connectivity index (χ0) is 14.8. The molecular weight excluding hydrogens is 244 g/mol. The first-order valence-corrected chi connectivity index (χ1v) is 7.05. The molecule has 2 aromatic rings. The molecule has 2 rings (SSSR count). The number of nitrogens with one attached hydrogen (secondary N) is 1. The summed E-state index contributed by atoms with van der Waals surface area (Å²) in [6.07, 6.45) is 0. The van der Waals surface area contributed by atoms with Crippen LogP contribution in [0.3, 0.4) is 0 Å². The van der Waals surface area contributed by atoms with Crippen molar-refractivity contribution in [2.45, 2.75) is 39.2 Å². The Kier molecular flexibility index (Phi) is 4.26. The summed E-state index contributed by atoms with van der Waals surface area (Å²) in [5.74, 6) is 5.90. The van der Waals surface area contributed by atoms with Crippen LogP contribution in [0.1, 0.15) is 42.1 Å². The van der Waals surface area contributed by atoms with E-state index in [0.29, 0.717) is 0 Å². The summed E-state index contributed by atoms with van der Waals surface area (Å²) >= 11 is 0. The van der Waals surface area contributed by atoms with E-state index in [1.54, 1.807) is 0 Å². The number of nitrogens with two attached hydrogens (primary N) is 1. The number of rotatable bonds is 4. The molecule has 0 aliphatic rings. The maximum Gasteiger partial charge on any atom is 0.0553 e. The van der Waals surface area contributed by atoms with Gasteiger partial charge in [0, 0.05) is 5.41 Å². The number of benzene rings is 2. The van der Waals surface area contributed by atoms with Gasteiger partial charge >= 0.3 is 0 Å². The van der Waals surface area contributed by atoms with Crippen LogP contribution >= 0.6 is 0 Å². The molecule has 0 radical (unpaired) electrons. The predicted molar refractivity (Wildman–Crippen MR) is 85.4 cm³/mol. The van der Waals surface area contributed by atoms with Crippen molar-refractivity contribution in [3.63, 3.8) is 0 Å². The van der Waals surface area contributed by atoms with Crippen molar-refractivity contribution in [2.24, 2.45) is 5.84 Å². The molecule has 1 unspecified atom stereocenters. The van der Waals surface area contributed by atoms with E-state index < -0.39 is 0 Å². The second kappa shape index (κ2) is 5.78. The number of hydrazine groups is 1. The molecule has 0 saturated carbocycles. The Hall–Kier alpha value is -1.64. The molecule has 0 heterocycles. The average Bonchev–Trinajstić information content (AvgIpc) is 2.44. The lowest BCUT2D eigenvalue weighted by Gasteiger charge is -2.36. The van der Waals surface area contributed by atoms with Crippen LogP contribution in [0.15, 0.2) is 48.5 Å². The molecule has 0 aromatic heterocycles. The quantitative estimate of drug-likeness (QED) is 0.654. The largest absolute Gasteiger partial charge is 0.271 e. The normalized spacial score (nSPS) is 13.2. The lowest BCUT2D eigenvalue weighted by atomic mass is 9.74. The molecule has 0 bridgehead atoms. The molecule has 106 valence electrons. The van der Waals surface area contributed by atoms with Crippen molar-refractivity contribution in [3.05, 3.63) is 70.8 Å². The molecule has 0 spiro atoms. The van der Waals surface area contributed by atoms with Gasteiger partial charge < -0.3 is 0 Å². The Balaban J connectivity index is 2.49. The molecular formula is C18H24N2. The molecule has 0 amide bonds. The van der Waals surface area contributed by atoms with E-state index in [9.17, 15) is 0 Å². The second-order valence-electron chi connectivity index (χ2n) is 6.05. The molecule has 20 heavy (non-hydrogen) atoms. The van der Waals surface area contributed by atoms with E-state index in [2.05, 4.69) is 75.6 Å². The van der Waals surface area contributed by atoms with Gasteiger partial charge in [-0.05, 0) is 30.5 Å². The van der Waals surface area contributed by atoms with Crippen LogP contribution in [-0.2, 0) is 5.41 Å². The topological polar surface area (TPSA) is 38.0 Å². The van der Waals surface area contributed by atoms with Gasteiger partial charge in [-0.2, -0.15) is 0 Å². The fraction of sp³-hybridized carbons (Fsp3) is 0.333. The van der Waals surface area contributed by atoms with Crippen LogP contribution in [0.2, 0.25) is 0 Å². The predicted octanol–water partition coefficient (Wildman–Crippen LogP) is 3.79. The Morgan fingerprint density at radius 2 is 1.65 bits per heavy atom. The molecule has 0 aliphatic carbocycles. The van der Waals surface area contributed by atoms with Gasteiger partial charge in [-0.25, -0.2) is 0 Å². The molecule has 2 aromatic carbocycles. The van der Waals surface area contributed by atoms with E-state index >= 15 is 0 Å². The molecule has 1 atom stereocenters.